The second kappa shape index (κ2) is 10.0. The van der Waals surface area contributed by atoms with Crippen molar-refractivity contribution in [2.24, 2.45) is 0 Å². The molecule has 0 aromatic carbocycles. The van der Waals surface area contributed by atoms with Crippen molar-refractivity contribution in [2.45, 2.75) is 27.2 Å². The highest BCUT2D eigenvalue weighted by molar-refractivity contribution is 5.81. The SMILES string of the molecule is C=CC(=O)OCCC[N+](OCC)(OCC)OCC. The first-order valence-electron chi connectivity index (χ1n) is 6.25. The van der Waals surface area contributed by atoms with Gasteiger partial charge in [-0.05, 0) is 20.8 Å². The van der Waals surface area contributed by atoms with E-state index >= 15 is 0 Å². The van der Waals surface area contributed by atoms with Gasteiger partial charge < -0.3 is 4.74 Å². The van der Waals surface area contributed by atoms with Crippen LogP contribution >= 0.6 is 0 Å². The van der Waals surface area contributed by atoms with Crippen molar-refractivity contribution < 1.29 is 29.0 Å². The van der Waals surface area contributed by atoms with Gasteiger partial charge in [-0.25, -0.2) is 4.79 Å². The number of ether oxygens (including phenoxy) is 1. The summed E-state index contributed by atoms with van der Waals surface area (Å²) in [6.07, 6.45) is 1.70. The van der Waals surface area contributed by atoms with Crippen LogP contribution in [-0.2, 0) is 24.0 Å². The van der Waals surface area contributed by atoms with E-state index in [9.17, 15) is 4.79 Å². The largest absolute Gasteiger partial charge is 0.462 e. The molecule has 0 saturated carbocycles. The molecule has 0 N–H and O–H groups in total. The third-order valence-electron chi connectivity index (χ3n) is 1.96. The van der Waals surface area contributed by atoms with E-state index < -0.39 is 5.97 Å². The minimum absolute atomic E-state index is 0.276. The maximum Gasteiger partial charge on any atom is 0.330 e. The van der Waals surface area contributed by atoms with Gasteiger partial charge in [0.1, 0.15) is 19.8 Å². The van der Waals surface area contributed by atoms with Gasteiger partial charge in [-0.3, -0.25) is 0 Å². The Balaban J connectivity index is 4.20. The Kier molecular flexibility index (Phi) is 9.49. The zero-order chi connectivity index (χ0) is 13.9. The van der Waals surface area contributed by atoms with Crippen LogP contribution in [0.25, 0.3) is 0 Å². The number of esters is 1. The fraction of sp³-hybridized carbons (Fsp3) is 0.750. The van der Waals surface area contributed by atoms with E-state index in [1.54, 1.807) is 0 Å². The highest BCUT2D eigenvalue weighted by Crippen LogP contribution is 2.13. The Bertz CT molecular complexity index is 228. The first-order valence-corrected chi connectivity index (χ1v) is 6.25. The summed E-state index contributed by atoms with van der Waals surface area (Å²) in [5.41, 5.74) is 0. The van der Waals surface area contributed by atoms with E-state index in [-0.39, 0.29) is 11.6 Å². The lowest BCUT2D eigenvalue weighted by Gasteiger charge is -2.28. The Morgan fingerprint density at radius 1 is 1.11 bits per heavy atom. The Hall–Kier alpha value is -0.950. The average molecular weight is 262 g/mol. The van der Waals surface area contributed by atoms with E-state index in [2.05, 4.69) is 6.58 Å². The number of hydrogen-bond donors (Lipinski definition) is 0. The van der Waals surface area contributed by atoms with Crippen molar-refractivity contribution in [3.05, 3.63) is 12.7 Å². The Labute approximate surface area is 109 Å². The van der Waals surface area contributed by atoms with Crippen molar-refractivity contribution in [1.82, 2.24) is 0 Å². The molecule has 0 spiro atoms. The monoisotopic (exact) mass is 262 g/mol. The normalized spacial score (nSPS) is 11.3. The molecule has 0 fully saturated rings. The molecule has 0 saturated heterocycles. The van der Waals surface area contributed by atoms with E-state index in [0.29, 0.717) is 32.8 Å². The summed E-state index contributed by atoms with van der Waals surface area (Å²) in [5.74, 6) is -0.433. The van der Waals surface area contributed by atoms with Gasteiger partial charge in [0.15, 0.2) is 6.54 Å². The van der Waals surface area contributed by atoms with Gasteiger partial charge in [0.05, 0.1) is 11.6 Å². The van der Waals surface area contributed by atoms with Crippen LogP contribution in [0, 0.1) is 0 Å². The van der Waals surface area contributed by atoms with Crippen LogP contribution in [0.5, 0.6) is 0 Å². The van der Waals surface area contributed by atoms with Crippen molar-refractivity contribution in [3.63, 3.8) is 0 Å². The highest BCUT2D eigenvalue weighted by Gasteiger charge is 2.33. The van der Waals surface area contributed by atoms with Crippen LogP contribution in [0.15, 0.2) is 12.7 Å². The Morgan fingerprint density at radius 2 is 1.61 bits per heavy atom. The standard InChI is InChI=1S/C12H24NO5/c1-5-12(14)15-11-9-10-13(16-6-2,17-7-3)18-8-4/h5H,1,6-11H2,2-4H3/q+1. The van der Waals surface area contributed by atoms with E-state index in [4.69, 9.17) is 19.2 Å². The van der Waals surface area contributed by atoms with Crippen LogP contribution in [0.3, 0.4) is 0 Å². The smallest absolute Gasteiger partial charge is 0.330 e. The first-order chi connectivity index (χ1) is 8.64. The van der Waals surface area contributed by atoms with Gasteiger partial charge in [-0.1, -0.05) is 6.58 Å². The molecule has 0 unspecified atom stereocenters. The summed E-state index contributed by atoms with van der Waals surface area (Å²) in [4.78, 5) is 27.0. The molecule has 6 heteroatoms. The second-order valence-electron chi connectivity index (χ2n) is 3.31. The molecule has 0 aliphatic heterocycles. The average Bonchev–Trinajstić information content (AvgIpc) is 2.35. The minimum Gasteiger partial charge on any atom is -0.462 e. The zero-order valence-corrected chi connectivity index (χ0v) is 11.5. The van der Waals surface area contributed by atoms with Gasteiger partial charge in [0.25, 0.3) is 0 Å². The van der Waals surface area contributed by atoms with Crippen LogP contribution in [0.1, 0.15) is 27.2 Å². The van der Waals surface area contributed by atoms with Crippen molar-refractivity contribution in [3.8, 4) is 0 Å². The molecule has 6 nitrogen and oxygen atoms in total. The number of carbonyl (C=O) groups excluding carboxylic acids is 1. The molecule has 0 aliphatic carbocycles. The van der Waals surface area contributed by atoms with Crippen molar-refractivity contribution in [1.29, 1.82) is 0 Å². The van der Waals surface area contributed by atoms with Crippen LogP contribution in [-0.4, -0.2) is 43.9 Å². The first kappa shape index (κ1) is 17.1. The third kappa shape index (κ3) is 6.70. The lowest BCUT2D eigenvalue weighted by molar-refractivity contribution is -1.37. The van der Waals surface area contributed by atoms with Crippen LogP contribution < -0.4 is 0 Å². The molecule has 106 valence electrons. The maximum atomic E-state index is 10.9. The summed E-state index contributed by atoms with van der Waals surface area (Å²) in [7, 11) is 0. The van der Waals surface area contributed by atoms with Crippen LogP contribution in [0.2, 0.25) is 0 Å². The van der Waals surface area contributed by atoms with Crippen molar-refractivity contribution in [2.75, 3.05) is 33.0 Å². The van der Waals surface area contributed by atoms with Crippen LogP contribution in [0.4, 0.5) is 0 Å². The molecule has 0 aromatic rings. The molecule has 0 rings (SSSR count). The van der Waals surface area contributed by atoms with Gasteiger partial charge in [-0.15, -0.1) is 14.5 Å². The molecule has 0 amide bonds. The van der Waals surface area contributed by atoms with Crippen molar-refractivity contribution >= 4 is 5.97 Å². The zero-order valence-electron chi connectivity index (χ0n) is 11.5. The summed E-state index contributed by atoms with van der Waals surface area (Å²) >= 11 is 0. The number of nitrogens with zero attached hydrogens (tertiary/aromatic N) is 1. The second-order valence-corrected chi connectivity index (χ2v) is 3.31. The topological polar surface area (TPSA) is 54.0 Å². The molecular formula is C12H24NO5+. The lowest BCUT2D eigenvalue weighted by Crippen LogP contribution is -2.48. The molecule has 0 aliphatic rings. The summed E-state index contributed by atoms with van der Waals surface area (Å²) in [5, 5.41) is 0. The third-order valence-corrected chi connectivity index (χ3v) is 1.96. The predicted molar refractivity (Wildman–Crippen MR) is 65.8 cm³/mol. The fourth-order valence-corrected chi connectivity index (χ4v) is 1.39. The minimum atomic E-state index is -0.433. The number of hydroxylamine groups is 3. The number of hydrogen-bond acceptors (Lipinski definition) is 5. The highest BCUT2D eigenvalue weighted by atomic mass is 17.2. The van der Waals surface area contributed by atoms with E-state index in [1.807, 2.05) is 20.8 Å². The predicted octanol–water partition coefficient (Wildman–Crippen LogP) is 1.78. The number of carbonyl (C=O) groups is 1. The summed E-state index contributed by atoms with van der Waals surface area (Å²) in [6, 6.07) is 0. The molecule has 0 radical (unpaired) electrons. The Morgan fingerprint density at radius 3 is 2.00 bits per heavy atom. The van der Waals surface area contributed by atoms with Gasteiger partial charge >= 0.3 is 5.97 Å². The fourth-order valence-electron chi connectivity index (χ4n) is 1.39. The number of quaternary nitrogens is 1. The molecule has 0 heterocycles. The number of rotatable bonds is 11. The molecule has 18 heavy (non-hydrogen) atoms. The van der Waals surface area contributed by atoms with Gasteiger partial charge in [0.2, 0.25) is 0 Å². The summed E-state index contributed by atoms with van der Waals surface area (Å²) in [6.45, 7) is 11.0. The van der Waals surface area contributed by atoms with E-state index in [1.165, 1.54) is 0 Å². The van der Waals surface area contributed by atoms with Gasteiger partial charge in [0, 0.05) is 12.5 Å². The quantitative estimate of drug-likeness (QED) is 0.187. The van der Waals surface area contributed by atoms with E-state index in [0.717, 1.165) is 6.08 Å². The molecule has 0 bridgehead atoms. The molecular weight excluding hydrogens is 238 g/mol. The molecule has 0 atom stereocenters. The molecule has 0 aromatic heterocycles. The maximum absolute atomic E-state index is 10.9. The lowest BCUT2D eigenvalue weighted by atomic mass is 10.4. The summed E-state index contributed by atoms with van der Waals surface area (Å²) < 4.78 is 4.89. The van der Waals surface area contributed by atoms with Gasteiger partial charge in [-0.2, -0.15) is 0 Å².